The Kier molecular flexibility index (Phi) is 2.39. The minimum Gasteiger partial charge on any atom is -0.269 e. The van der Waals surface area contributed by atoms with Crippen LogP contribution in [0, 0.1) is 0 Å². The molecule has 4 rings (SSSR count). The van der Waals surface area contributed by atoms with E-state index in [0.29, 0.717) is 6.54 Å². The summed E-state index contributed by atoms with van der Waals surface area (Å²) in [5, 5.41) is 0. The lowest BCUT2D eigenvalue weighted by Crippen LogP contribution is -2.37. The summed E-state index contributed by atoms with van der Waals surface area (Å²) in [5.74, 6) is 0. The Balaban J connectivity index is 2.05. The van der Waals surface area contributed by atoms with E-state index in [1.165, 1.54) is 28.5 Å². The van der Waals surface area contributed by atoms with Gasteiger partial charge in [-0.15, -0.1) is 0 Å². The number of hydrogen-bond acceptors (Lipinski definition) is 2. The third kappa shape index (κ3) is 1.69. The van der Waals surface area contributed by atoms with Crippen LogP contribution in [0.4, 0.5) is 5.69 Å². The van der Waals surface area contributed by atoms with Gasteiger partial charge in [0.25, 0.3) is 0 Å². The van der Waals surface area contributed by atoms with Crippen molar-refractivity contribution < 1.29 is 8.42 Å². The highest BCUT2D eigenvalue weighted by Gasteiger charge is 2.46. The number of hydrogen-bond donors (Lipinski definition) is 0. The zero-order valence-electron chi connectivity index (χ0n) is 12.1. The minimum atomic E-state index is -3.24. The third-order valence-corrected chi connectivity index (χ3v) is 5.82. The number of benzene rings is 2. The lowest BCUT2D eigenvalue weighted by Gasteiger charge is -2.32. The van der Waals surface area contributed by atoms with Gasteiger partial charge in [0, 0.05) is 12.0 Å². The summed E-state index contributed by atoms with van der Waals surface area (Å²) < 4.78 is 25.8. The lowest BCUT2D eigenvalue weighted by molar-refractivity contribution is 0.501. The van der Waals surface area contributed by atoms with Crippen LogP contribution in [-0.2, 0) is 21.9 Å². The summed E-state index contributed by atoms with van der Waals surface area (Å²) in [6.45, 7) is 2.71. The Hall–Kier alpha value is -1.81. The average Bonchev–Trinajstić information content (AvgIpc) is 2.74. The molecule has 0 N–H and O–H groups in total. The van der Waals surface area contributed by atoms with Crippen LogP contribution in [0.1, 0.15) is 18.1 Å². The highest BCUT2D eigenvalue weighted by atomic mass is 32.2. The summed E-state index contributed by atoms with van der Waals surface area (Å²) in [5.41, 5.74) is 5.63. The molecule has 2 aromatic carbocycles. The van der Waals surface area contributed by atoms with Crippen molar-refractivity contribution in [2.24, 2.45) is 0 Å². The molecule has 4 heteroatoms. The number of sulfonamides is 1. The van der Waals surface area contributed by atoms with Gasteiger partial charge in [0.15, 0.2) is 0 Å². The summed E-state index contributed by atoms with van der Waals surface area (Å²) in [6.07, 6.45) is 2.18. The fourth-order valence-corrected chi connectivity index (χ4v) is 4.91. The summed E-state index contributed by atoms with van der Waals surface area (Å²) in [7, 11) is -3.24. The van der Waals surface area contributed by atoms with Crippen molar-refractivity contribution in [1.82, 2.24) is 0 Å². The van der Waals surface area contributed by atoms with Crippen LogP contribution in [0.3, 0.4) is 0 Å². The van der Waals surface area contributed by atoms with E-state index in [4.69, 9.17) is 0 Å². The predicted octanol–water partition coefficient (Wildman–Crippen LogP) is 2.95. The van der Waals surface area contributed by atoms with Crippen molar-refractivity contribution in [1.29, 1.82) is 0 Å². The van der Waals surface area contributed by atoms with E-state index >= 15 is 0 Å². The van der Waals surface area contributed by atoms with Crippen molar-refractivity contribution in [3.63, 3.8) is 0 Å². The van der Waals surface area contributed by atoms with Gasteiger partial charge in [-0.05, 0) is 34.7 Å². The van der Waals surface area contributed by atoms with E-state index in [2.05, 4.69) is 31.2 Å². The Bertz CT molecular complexity index is 857. The molecule has 1 aliphatic carbocycles. The molecule has 0 amide bonds. The van der Waals surface area contributed by atoms with Gasteiger partial charge in [0.05, 0.1) is 11.9 Å². The monoisotopic (exact) mass is 299 g/mol. The predicted molar refractivity (Wildman–Crippen MR) is 85.1 cm³/mol. The molecule has 0 radical (unpaired) electrons. The molecule has 0 bridgehead atoms. The molecule has 0 fully saturated rings. The second-order valence-corrected chi connectivity index (χ2v) is 8.27. The number of anilines is 1. The molecule has 1 heterocycles. The third-order valence-electron chi connectivity index (χ3n) is 4.70. The highest BCUT2D eigenvalue weighted by molar-refractivity contribution is 7.92. The lowest BCUT2D eigenvalue weighted by atomic mass is 9.70. The van der Waals surface area contributed by atoms with Crippen LogP contribution in [0.25, 0.3) is 11.1 Å². The Morgan fingerprint density at radius 2 is 1.76 bits per heavy atom. The molecule has 21 heavy (non-hydrogen) atoms. The molecule has 2 aliphatic rings. The highest BCUT2D eigenvalue weighted by Crippen LogP contribution is 2.52. The molecular formula is C17H17NO2S. The smallest absolute Gasteiger partial charge is 0.232 e. The maximum atomic E-state index is 12.1. The molecule has 2 aromatic rings. The van der Waals surface area contributed by atoms with E-state index in [1.807, 2.05) is 18.2 Å². The van der Waals surface area contributed by atoms with Crippen molar-refractivity contribution in [2.75, 3.05) is 17.1 Å². The van der Waals surface area contributed by atoms with Gasteiger partial charge < -0.3 is 0 Å². The Morgan fingerprint density at radius 3 is 2.52 bits per heavy atom. The maximum absolute atomic E-state index is 12.1. The Morgan fingerprint density at radius 1 is 1.05 bits per heavy atom. The van der Waals surface area contributed by atoms with Gasteiger partial charge >= 0.3 is 0 Å². The molecule has 108 valence electrons. The fraction of sp³-hybridized carbons (Fsp3) is 0.294. The van der Waals surface area contributed by atoms with Crippen LogP contribution < -0.4 is 4.31 Å². The second-order valence-electron chi connectivity index (χ2n) is 6.36. The SMILES string of the molecule is CC12Cc3ccccc3-c3cccc(c31)N(S(C)(=O)=O)C2. The number of rotatable bonds is 1. The van der Waals surface area contributed by atoms with Crippen LogP contribution in [0.5, 0.6) is 0 Å². The largest absolute Gasteiger partial charge is 0.269 e. The van der Waals surface area contributed by atoms with E-state index < -0.39 is 10.0 Å². The second kappa shape index (κ2) is 3.89. The number of nitrogens with zero attached hydrogens (tertiary/aromatic N) is 1. The van der Waals surface area contributed by atoms with E-state index in [9.17, 15) is 8.42 Å². The molecule has 3 nitrogen and oxygen atoms in total. The summed E-state index contributed by atoms with van der Waals surface area (Å²) in [4.78, 5) is 0. The van der Waals surface area contributed by atoms with Crippen LogP contribution >= 0.6 is 0 Å². The first-order valence-corrected chi connectivity index (χ1v) is 8.94. The van der Waals surface area contributed by atoms with Crippen molar-refractivity contribution in [3.8, 4) is 11.1 Å². The first-order chi connectivity index (χ1) is 9.90. The van der Waals surface area contributed by atoms with Crippen LogP contribution in [-0.4, -0.2) is 21.2 Å². The van der Waals surface area contributed by atoms with Crippen LogP contribution in [0.2, 0.25) is 0 Å². The van der Waals surface area contributed by atoms with Crippen LogP contribution in [0.15, 0.2) is 42.5 Å². The average molecular weight is 299 g/mol. The molecule has 1 aliphatic heterocycles. The van der Waals surface area contributed by atoms with Gasteiger partial charge in [-0.3, -0.25) is 4.31 Å². The zero-order chi connectivity index (χ0) is 14.8. The summed E-state index contributed by atoms with van der Waals surface area (Å²) >= 11 is 0. The van der Waals surface area contributed by atoms with Gasteiger partial charge in [-0.25, -0.2) is 8.42 Å². The molecule has 0 aromatic heterocycles. The van der Waals surface area contributed by atoms with E-state index in [-0.39, 0.29) is 5.41 Å². The van der Waals surface area contributed by atoms with Gasteiger partial charge in [-0.1, -0.05) is 43.3 Å². The standard InChI is InChI=1S/C17H17NO2S/c1-17-10-12-6-3-4-7-13(12)14-8-5-9-15(16(14)17)18(11-17)21(2,19)20/h3-9H,10-11H2,1-2H3. The molecular weight excluding hydrogens is 282 g/mol. The Labute approximate surface area is 125 Å². The molecule has 0 saturated carbocycles. The van der Waals surface area contributed by atoms with Gasteiger partial charge in [0.2, 0.25) is 10.0 Å². The molecule has 1 atom stereocenters. The topological polar surface area (TPSA) is 37.4 Å². The first kappa shape index (κ1) is 12.9. The maximum Gasteiger partial charge on any atom is 0.232 e. The van der Waals surface area contributed by atoms with Crippen molar-refractivity contribution in [2.45, 2.75) is 18.8 Å². The van der Waals surface area contributed by atoms with E-state index in [0.717, 1.165) is 12.1 Å². The normalized spacial score (nSPS) is 22.9. The zero-order valence-corrected chi connectivity index (χ0v) is 12.9. The van der Waals surface area contributed by atoms with Gasteiger partial charge in [0.1, 0.15) is 0 Å². The summed E-state index contributed by atoms with van der Waals surface area (Å²) in [6, 6.07) is 14.4. The molecule has 0 saturated heterocycles. The van der Waals surface area contributed by atoms with Crippen molar-refractivity contribution >= 4 is 15.7 Å². The fourth-order valence-electron chi connectivity index (χ4n) is 3.89. The van der Waals surface area contributed by atoms with E-state index in [1.54, 1.807) is 4.31 Å². The quantitative estimate of drug-likeness (QED) is 0.812. The van der Waals surface area contributed by atoms with Crippen molar-refractivity contribution in [3.05, 3.63) is 53.6 Å². The molecule has 0 spiro atoms. The molecule has 1 unspecified atom stereocenters. The minimum absolute atomic E-state index is 0.136. The number of fused-ring (bicyclic) bond motifs is 2. The first-order valence-electron chi connectivity index (χ1n) is 7.10. The van der Waals surface area contributed by atoms with Gasteiger partial charge in [-0.2, -0.15) is 0 Å².